The van der Waals surface area contributed by atoms with E-state index in [0.29, 0.717) is 5.02 Å². The molecule has 0 saturated carbocycles. The molecule has 2 N–H and O–H groups in total. The number of hydrogen-bond donors (Lipinski definition) is 2. The van der Waals surface area contributed by atoms with Gasteiger partial charge in [0.05, 0.1) is 21.3 Å². The van der Waals surface area contributed by atoms with Gasteiger partial charge in [0.2, 0.25) is 0 Å². The molecule has 0 aliphatic rings. The van der Waals surface area contributed by atoms with Crippen LogP contribution in [0.2, 0.25) is 15.1 Å². The van der Waals surface area contributed by atoms with E-state index in [1.807, 2.05) is 0 Å². The van der Waals surface area contributed by atoms with Crippen LogP contribution in [0.3, 0.4) is 0 Å². The van der Waals surface area contributed by atoms with Gasteiger partial charge in [0.15, 0.2) is 0 Å². The molecule has 2 rings (SSSR count). The summed E-state index contributed by atoms with van der Waals surface area (Å²) >= 11 is 17.6. The lowest BCUT2D eigenvalue weighted by molar-refractivity contribution is -0.137. The quantitative estimate of drug-likeness (QED) is 0.695. The predicted octanol–water partition coefficient (Wildman–Crippen LogP) is 5.42. The zero-order valence-electron chi connectivity index (χ0n) is 11.1. The van der Waals surface area contributed by atoms with Crippen molar-refractivity contribution in [3.05, 3.63) is 62.6 Å². The Bertz CT molecular complexity index is 727. The van der Waals surface area contributed by atoms with Crippen molar-refractivity contribution >= 4 is 46.4 Å². The molecular formula is C14H8Cl3F3N2O. The summed E-state index contributed by atoms with van der Waals surface area (Å²) in [6.07, 6.45) is -4.54. The van der Waals surface area contributed by atoms with E-state index >= 15 is 0 Å². The summed E-state index contributed by atoms with van der Waals surface area (Å²) in [6.45, 7) is 0. The van der Waals surface area contributed by atoms with Crippen LogP contribution in [0.15, 0.2) is 36.4 Å². The Labute approximate surface area is 144 Å². The van der Waals surface area contributed by atoms with Crippen molar-refractivity contribution in [3.8, 4) is 0 Å². The predicted molar refractivity (Wildman–Crippen MR) is 84.0 cm³/mol. The molecule has 0 aliphatic carbocycles. The number of anilines is 1. The molecule has 0 aliphatic heterocycles. The van der Waals surface area contributed by atoms with E-state index < -0.39 is 17.6 Å². The van der Waals surface area contributed by atoms with Crippen molar-refractivity contribution in [3.63, 3.8) is 0 Å². The monoisotopic (exact) mass is 382 g/mol. The van der Waals surface area contributed by atoms with Gasteiger partial charge in [0, 0.05) is 10.6 Å². The lowest BCUT2D eigenvalue weighted by atomic mass is 10.1. The largest absolute Gasteiger partial charge is 0.416 e. The van der Waals surface area contributed by atoms with Crippen molar-refractivity contribution in [1.82, 2.24) is 5.43 Å². The Morgan fingerprint density at radius 2 is 1.61 bits per heavy atom. The third-order valence-electron chi connectivity index (χ3n) is 2.76. The standard InChI is InChI=1S/C14H8Cl3F3N2O/c15-9-5-10(16)12(11(17)6-9)21-22-13(23)7-2-1-3-8(4-7)14(18,19)20/h1-6,21H,(H,22,23). The summed E-state index contributed by atoms with van der Waals surface area (Å²) in [4.78, 5) is 11.9. The molecule has 1 amide bonds. The van der Waals surface area contributed by atoms with E-state index in [0.717, 1.165) is 18.2 Å². The maximum Gasteiger partial charge on any atom is 0.416 e. The van der Waals surface area contributed by atoms with Crippen LogP contribution >= 0.6 is 34.8 Å². The molecule has 2 aromatic carbocycles. The van der Waals surface area contributed by atoms with Gasteiger partial charge in [-0.2, -0.15) is 13.2 Å². The van der Waals surface area contributed by atoms with Crippen molar-refractivity contribution in [1.29, 1.82) is 0 Å². The summed E-state index contributed by atoms with van der Waals surface area (Å²) in [7, 11) is 0. The van der Waals surface area contributed by atoms with Crippen LogP contribution in [-0.4, -0.2) is 5.91 Å². The molecule has 3 nitrogen and oxygen atoms in total. The van der Waals surface area contributed by atoms with Gasteiger partial charge in [-0.3, -0.25) is 15.6 Å². The third-order valence-corrected chi connectivity index (χ3v) is 3.57. The lowest BCUT2D eigenvalue weighted by Crippen LogP contribution is -2.29. The molecule has 0 saturated heterocycles. The highest BCUT2D eigenvalue weighted by molar-refractivity contribution is 6.41. The fourth-order valence-corrected chi connectivity index (χ4v) is 2.60. The van der Waals surface area contributed by atoms with E-state index in [9.17, 15) is 18.0 Å². The van der Waals surface area contributed by atoms with Crippen LogP contribution in [0.25, 0.3) is 0 Å². The fraction of sp³-hybridized carbons (Fsp3) is 0.0714. The Hall–Kier alpha value is -1.63. The molecule has 2 aromatic rings. The SMILES string of the molecule is O=C(NNc1c(Cl)cc(Cl)cc1Cl)c1cccc(C(F)(F)F)c1. The van der Waals surface area contributed by atoms with Crippen LogP contribution in [0, 0.1) is 0 Å². The lowest BCUT2D eigenvalue weighted by Gasteiger charge is -2.13. The zero-order valence-corrected chi connectivity index (χ0v) is 13.4. The maximum absolute atomic E-state index is 12.6. The minimum atomic E-state index is -4.54. The molecule has 122 valence electrons. The molecule has 0 atom stereocenters. The maximum atomic E-state index is 12.6. The van der Waals surface area contributed by atoms with E-state index in [1.54, 1.807) is 0 Å². The smallest absolute Gasteiger partial charge is 0.295 e. The highest BCUT2D eigenvalue weighted by atomic mass is 35.5. The summed E-state index contributed by atoms with van der Waals surface area (Å²) in [6, 6.07) is 6.79. The fourth-order valence-electron chi connectivity index (χ4n) is 1.69. The van der Waals surface area contributed by atoms with Crippen LogP contribution in [0.1, 0.15) is 15.9 Å². The Morgan fingerprint density at radius 3 is 2.17 bits per heavy atom. The van der Waals surface area contributed by atoms with Crippen LogP contribution in [-0.2, 0) is 6.18 Å². The topological polar surface area (TPSA) is 41.1 Å². The number of halogens is 6. The number of hydrogen-bond acceptors (Lipinski definition) is 2. The molecule has 0 bridgehead atoms. The molecule has 0 fully saturated rings. The van der Waals surface area contributed by atoms with E-state index in [1.165, 1.54) is 18.2 Å². The number of amides is 1. The van der Waals surface area contributed by atoms with Crippen molar-refractivity contribution in [2.45, 2.75) is 6.18 Å². The Kier molecular flexibility index (Phi) is 5.29. The number of carbonyl (C=O) groups excluding carboxylic acids is 1. The van der Waals surface area contributed by atoms with Crippen molar-refractivity contribution in [2.24, 2.45) is 0 Å². The van der Waals surface area contributed by atoms with Crippen LogP contribution in [0.4, 0.5) is 18.9 Å². The van der Waals surface area contributed by atoms with E-state index in [-0.39, 0.29) is 21.3 Å². The number of nitrogens with one attached hydrogen (secondary N) is 2. The van der Waals surface area contributed by atoms with Gasteiger partial charge >= 0.3 is 6.18 Å². The first kappa shape index (κ1) is 17.7. The third kappa shape index (κ3) is 4.43. The average Bonchev–Trinajstić information content (AvgIpc) is 2.45. The zero-order chi connectivity index (χ0) is 17.2. The molecule has 0 radical (unpaired) electrons. The van der Waals surface area contributed by atoms with Gasteiger partial charge < -0.3 is 0 Å². The van der Waals surface area contributed by atoms with E-state index in [2.05, 4.69) is 10.9 Å². The molecule has 9 heteroatoms. The summed E-state index contributed by atoms with van der Waals surface area (Å²) in [5, 5.41) is 0.591. The normalized spacial score (nSPS) is 11.2. The molecular weight excluding hydrogens is 376 g/mol. The van der Waals surface area contributed by atoms with E-state index in [4.69, 9.17) is 34.8 Å². The van der Waals surface area contributed by atoms with Crippen LogP contribution in [0.5, 0.6) is 0 Å². The number of carbonyl (C=O) groups is 1. The molecule has 0 unspecified atom stereocenters. The number of benzene rings is 2. The minimum absolute atomic E-state index is 0.145. The molecule has 0 spiro atoms. The highest BCUT2D eigenvalue weighted by Gasteiger charge is 2.30. The average molecular weight is 384 g/mol. The van der Waals surface area contributed by atoms with Crippen molar-refractivity contribution in [2.75, 3.05) is 5.43 Å². The number of rotatable bonds is 3. The van der Waals surface area contributed by atoms with Crippen molar-refractivity contribution < 1.29 is 18.0 Å². The first-order valence-corrected chi connectivity index (χ1v) is 7.20. The van der Waals surface area contributed by atoms with Gasteiger partial charge in [0.1, 0.15) is 0 Å². The first-order valence-electron chi connectivity index (χ1n) is 6.06. The molecule has 0 aromatic heterocycles. The van der Waals surface area contributed by atoms with Gasteiger partial charge in [-0.25, -0.2) is 0 Å². The van der Waals surface area contributed by atoms with Crippen LogP contribution < -0.4 is 10.9 Å². The number of hydrazine groups is 1. The molecule has 23 heavy (non-hydrogen) atoms. The Morgan fingerprint density at radius 1 is 1.00 bits per heavy atom. The Balaban J connectivity index is 2.15. The van der Waals surface area contributed by atoms with Gasteiger partial charge in [-0.1, -0.05) is 40.9 Å². The second-order valence-electron chi connectivity index (χ2n) is 4.40. The highest BCUT2D eigenvalue weighted by Crippen LogP contribution is 2.33. The second-order valence-corrected chi connectivity index (χ2v) is 5.65. The number of alkyl halides is 3. The molecule has 0 heterocycles. The summed E-state index contributed by atoms with van der Waals surface area (Å²) in [5.74, 6) is -0.779. The van der Waals surface area contributed by atoms with Gasteiger partial charge in [0.25, 0.3) is 5.91 Å². The summed E-state index contributed by atoms with van der Waals surface area (Å²) in [5.41, 5.74) is 3.77. The first-order chi connectivity index (χ1) is 10.7. The second kappa shape index (κ2) is 6.86. The minimum Gasteiger partial charge on any atom is -0.295 e. The van der Waals surface area contributed by atoms with Gasteiger partial charge in [-0.05, 0) is 30.3 Å². The summed E-state index contributed by atoms with van der Waals surface area (Å²) < 4.78 is 37.9. The van der Waals surface area contributed by atoms with Gasteiger partial charge in [-0.15, -0.1) is 0 Å².